The predicted molar refractivity (Wildman–Crippen MR) is 83.0 cm³/mol. The van der Waals surface area contributed by atoms with Crippen molar-refractivity contribution in [2.45, 2.75) is 63.0 Å². The van der Waals surface area contributed by atoms with Crippen molar-refractivity contribution >= 4 is 0 Å². The summed E-state index contributed by atoms with van der Waals surface area (Å²) >= 11 is 0. The summed E-state index contributed by atoms with van der Waals surface area (Å²) in [6.07, 6.45) is 9.51. The fourth-order valence-corrected chi connectivity index (χ4v) is 3.44. The molecular formula is C18H27NO. The van der Waals surface area contributed by atoms with E-state index >= 15 is 0 Å². The molecule has 1 aromatic carbocycles. The Bertz CT molecular complexity index is 404. The molecule has 110 valence electrons. The van der Waals surface area contributed by atoms with Gasteiger partial charge in [-0.25, -0.2) is 0 Å². The fraction of sp³-hybridized carbons (Fsp3) is 0.667. The second-order valence-corrected chi connectivity index (χ2v) is 6.35. The summed E-state index contributed by atoms with van der Waals surface area (Å²) in [6, 6.07) is 9.80. The van der Waals surface area contributed by atoms with Crippen molar-refractivity contribution in [2.75, 3.05) is 13.7 Å². The first-order valence-electron chi connectivity index (χ1n) is 8.25. The van der Waals surface area contributed by atoms with Crippen LogP contribution in [0.25, 0.3) is 0 Å². The van der Waals surface area contributed by atoms with Crippen LogP contribution in [0.5, 0.6) is 0 Å². The highest BCUT2D eigenvalue weighted by Gasteiger charge is 2.20. The van der Waals surface area contributed by atoms with Crippen LogP contribution in [0.1, 0.15) is 68.0 Å². The Hall–Kier alpha value is -0.860. The Morgan fingerprint density at radius 1 is 1.15 bits per heavy atom. The number of hydrogen-bond donors (Lipinski definition) is 1. The van der Waals surface area contributed by atoms with Gasteiger partial charge in [0.15, 0.2) is 0 Å². The van der Waals surface area contributed by atoms with Gasteiger partial charge in [0.25, 0.3) is 0 Å². The van der Waals surface area contributed by atoms with E-state index in [1.807, 2.05) is 0 Å². The average Bonchev–Trinajstić information content (AvgIpc) is 2.92. The van der Waals surface area contributed by atoms with Gasteiger partial charge in [0.2, 0.25) is 0 Å². The van der Waals surface area contributed by atoms with E-state index in [4.69, 9.17) is 4.74 Å². The molecule has 1 heterocycles. The molecule has 3 rings (SSSR count). The molecule has 1 saturated carbocycles. The van der Waals surface area contributed by atoms with Crippen molar-refractivity contribution in [1.82, 2.24) is 5.32 Å². The zero-order valence-corrected chi connectivity index (χ0v) is 12.6. The van der Waals surface area contributed by atoms with Crippen molar-refractivity contribution in [3.63, 3.8) is 0 Å². The van der Waals surface area contributed by atoms with Gasteiger partial charge in [-0.1, -0.05) is 30.7 Å². The smallest absolute Gasteiger partial charge is 0.0576 e. The molecule has 2 nitrogen and oxygen atoms in total. The molecule has 2 heteroatoms. The zero-order valence-electron chi connectivity index (χ0n) is 12.6. The maximum absolute atomic E-state index is 5.73. The topological polar surface area (TPSA) is 21.3 Å². The van der Waals surface area contributed by atoms with Gasteiger partial charge < -0.3 is 10.1 Å². The standard InChI is InChI=1S/C18H27NO/c1-19-18(12-11-17-6-3-13-20-17)16-9-7-15(8-10-16)14-4-2-5-14/h7-10,14,17-19H,2-6,11-13H2,1H3. The van der Waals surface area contributed by atoms with Gasteiger partial charge >= 0.3 is 0 Å². The summed E-state index contributed by atoms with van der Waals surface area (Å²) in [6.45, 7) is 0.963. The molecule has 1 saturated heterocycles. The van der Waals surface area contributed by atoms with E-state index in [0.29, 0.717) is 12.1 Å². The molecule has 2 atom stereocenters. The molecule has 1 N–H and O–H groups in total. The van der Waals surface area contributed by atoms with E-state index in [2.05, 4.69) is 36.6 Å². The normalized spacial score (nSPS) is 24.6. The molecule has 1 aromatic rings. The lowest BCUT2D eigenvalue weighted by atomic mass is 9.80. The molecule has 0 aromatic heterocycles. The van der Waals surface area contributed by atoms with Gasteiger partial charge in [-0.3, -0.25) is 0 Å². The van der Waals surface area contributed by atoms with Crippen LogP contribution in [-0.4, -0.2) is 19.8 Å². The van der Waals surface area contributed by atoms with Gasteiger partial charge in [0.1, 0.15) is 0 Å². The maximum atomic E-state index is 5.73. The van der Waals surface area contributed by atoms with Gasteiger partial charge in [-0.15, -0.1) is 0 Å². The second kappa shape index (κ2) is 6.73. The molecule has 1 aliphatic heterocycles. The lowest BCUT2D eigenvalue weighted by Crippen LogP contribution is -2.19. The van der Waals surface area contributed by atoms with Crippen molar-refractivity contribution in [3.05, 3.63) is 35.4 Å². The predicted octanol–water partition coefficient (Wildman–Crippen LogP) is 4.17. The average molecular weight is 273 g/mol. The highest BCUT2D eigenvalue weighted by molar-refractivity contribution is 5.28. The third-order valence-electron chi connectivity index (χ3n) is 5.07. The molecule has 2 fully saturated rings. The van der Waals surface area contributed by atoms with Crippen LogP contribution in [0.15, 0.2) is 24.3 Å². The third kappa shape index (κ3) is 3.24. The minimum absolute atomic E-state index is 0.467. The summed E-state index contributed by atoms with van der Waals surface area (Å²) in [7, 11) is 2.07. The van der Waals surface area contributed by atoms with Gasteiger partial charge in [-0.2, -0.15) is 0 Å². The van der Waals surface area contributed by atoms with Crippen molar-refractivity contribution in [3.8, 4) is 0 Å². The third-order valence-corrected chi connectivity index (χ3v) is 5.07. The Labute approximate surface area is 122 Å². The Morgan fingerprint density at radius 3 is 2.50 bits per heavy atom. The summed E-state index contributed by atoms with van der Waals surface area (Å²) in [5.74, 6) is 0.837. The second-order valence-electron chi connectivity index (χ2n) is 6.35. The molecule has 2 unspecified atom stereocenters. The number of ether oxygens (including phenoxy) is 1. The Kier molecular flexibility index (Phi) is 4.74. The van der Waals surface area contributed by atoms with Crippen molar-refractivity contribution in [2.24, 2.45) is 0 Å². The fourth-order valence-electron chi connectivity index (χ4n) is 3.44. The molecule has 0 radical (unpaired) electrons. The van der Waals surface area contributed by atoms with Crippen LogP contribution in [0.3, 0.4) is 0 Å². The van der Waals surface area contributed by atoms with E-state index in [1.54, 1.807) is 0 Å². The quantitative estimate of drug-likeness (QED) is 0.839. The largest absolute Gasteiger partial charge is 0.378 e. The SMILES string of the molecule is CNC(CCC1CCCO1)c1ccc(C2CCC2)cc1. The molecule has 1 aliphatic carbocycles. The van der Waals surface area contributed by atoms with E-state index in [9.17, 15) is 0 Å². The van der Waals surface area contributed by atoms with E-state index < -0.39 is 0 Å². The molecule has 20 heavy (non-hydrogen) atoms. The maximum Gasteiger partial charge on any atom is 0.0576 e. The molecular weight excluding hydrogens is 246 g/mol. The number of nitrogens with one attached hydrogen (secondary N) is 1. The van der Waals surface area contributed by atoms with Gasteiger partial charge in [0.05, 0.1) is 6.10 Å². The summed E-state index contributed by atoms with van der Waals surface area (Å²) in [5.41, 5.74) is 2.96. The molecule has 0 amide bonds. The number of benzene rings is 1. The first kappa shape index (κ1) is 14.1. The Balaban J connectivity index is 1.56. The van der Waals surface area contributed by atoms with Crippen LogP contribution >= 0.6 is 0 Å². The lowest BCUT2D eigenvalue weighted by molar-refractivity contribution is 0.0998. The van der Waals surface area contributed by atoms with Crippen LogP contribution in [-0.2, 0) is 4.74 Å². The van der Waals surface area contributed by atoms with Crippen LogP contribution in [0, 0.1) is 0 Å². The summed E-state index contributed by atoms with van der Waals surface area (Å²) in [4.78, 5) is 0. The molecule has 0 spiro atoms. The number of rotatable bonds is 6. The lowest BCUT2D eigenvalue weighted by Gasteiger charge is -2.26. The highest BCUT2D eigenvalue weighted by atomic mass is 16.5. The minimum atomic E-state index is 0.467. The molecule has 0 bridgehead atoms. The number of hydrogen-bond acceptors (Lipinski definition) is 2. The zero-order chi connectivity index (χ0) is 13.8. The Morgan fingerprint density at radius 2 is 1.95 bits per heavy atom. The van der Waals surface area contributed by atoms with Crippen LogP contribution in [0.2, 0.25) is 0 Å². The van der Waals surface area contributed by atoms with Crippen molar-refractivity contribution < 1.29 is 4.74 Å². The highest BCUT2D eigenvalue weighted by Crippen LogP contribution is 2.36. The monoisotopic (exact) mass is 273 g/mol. The minimum Gasteiger partial charge on any atom is -0.378 e. The van der Waals surface area contributed by atoms with Crippen molar-refractivity contribution in [1.29, 1.82) is 0 Å². The molecule has 2 aliphatic rings. The van der Waals surface area contributed by atoms with Gasteiger partial charge in [0, 0.05) is 12.6 Å². The van der Waals surface area contributed by atoms with E-state index in [0.717, 1.165) is 12.5 Å². The van der Waals surface area contributed by atoms with Crippen LogP contribution in [0.4, 0.5) is 0 Å². The van der Waals surface area contributed by atoms with Gasteiger partial charge in [-0.05, 0) is 62.6 Å². The van der Waals surface area contributed by atoms with E-state index in [1.165, 1.54) is 56.1 Å². The summed E-state index contributed by atoms with van der Waals surface area (Å²) < 4.78 is 5.73. The van der Waals surface area contributed by atoms with E-state index in [-0.39, 0.29) is 0 Å². The summed E-state index contributed by atoms with van der Waals surface area (Å²) in [5, 5.41) is 3.46. The first-order valence-corrected chi connectivity index (χ1v) is 8.25. The van der Waals surface area contributed by atoms with Crippen LogP contribution < -0.4 is 5.32 Å². The first-order chi connectivity index (χ1) is 9.86.